The molecule has 1 aliphatic carbocycles. The van der Waals surface area contributed by atoms with Crippen LogP contribution in [0.3, 0.4) is 0 Å². The Morgan fingerprint density at radius 1 is 1.45 bits per heavy atom. The van der Waals surface area contributed by atoms with Crippen LogP contribution in [0.25, 0.3) is 0 Å². The number of nitrogens with zero attached hydrogens (tertiary/aromatic N) is 2. The Balaban J connectivity index is 2.18. The molecule has 0 atom stereocenters. The molecule has 7 nitrogen and oxygen atoms in total. The van der Waals surface area contributed by atoms with Crippen LogP contribution in [-0.4, -0.2) is 21.6 Å². The second-order valence-corrected chi connectivity index (χ2v) is 5.20. The predicted molar refractivity (Wildman–Crippen MR) is 75.4 cm³/mol. The molecule has 3 N–H and O–H groups in total. The average molecular weight is 280 g/mol. The van der Waals surface area contributed by atoms with Crippen molar-refractivity contribution < 1.29 is 4.79 Å². The van der Waals surface area contributed by atoms with Gasteiger partial charge in [-0.25, -0.2) is 9.36 Å². The van der Waals surface area contributed by atoms with Gasteiger partial charge in [0.2, 0.25) is 5.91 Å². The highest BCUT2D eigenvalue weighted by atomic mass is 16.2. The van der Waals surface area contributed by atoms with Crippen molar-refractivity contribution in [3.05, 3.63) is 27.0 Å². The first-order valence-corrected chi connectivity index (χ1v) is 6.89. The minimum absolute atomic E-state index is 0.0203. The van der Waals surface area contributed by atoms with E-state index in [4.69, 9.17) is 5.73 Å². The van der Waals surface area contributed by atoms with Gasteiger partial charge >= 0.3 is 5.69 Å². The maximum atomic E-state index is 12.1. The van der Waals surface area contributed by atoms with Crippen molar-refractivity contribution in [1.29, 1.82) is 0 Å². The van der Waals surface area contributed by atoms with Gasteiger partial charge < -0.3 is 11.1 Å². The third kappa shape index (κ3) is 3.28. The molecule has 0 unspecified atom stereocenters. The van der Waals surface area contributed by atoms with E-state index in [-0.39, 0.29) is 18.1 Å². The lowest BCUT2D eigenvalue weighted by atomic mass is 10.4. The Hall–Kier alpha value is -2.05. The number of amides is 1. The number of rotatable bonds is 6. The fourth-order valence-electron chi connectivity index (χ4n) is 2.00. The number of aryl methyl sites for hydroxylation is 1. The Bertz CT molecular complexity index is 613. The van der Waals surface area contributed by atoms with Gasteiger partial charge in [-0.1, -0.05) is 6.92 Å². The fourth-order valence-corrected chi connectivity index (χ4v) is 2.00. The number of hydrogen-bond acceptors (Lipinski definition) is 4. The van der Waals surface area contributed by atoms with Crippen LogP contribution in [-0.2, 0) is 17.9 Å². The second-order valence-electron chi connectivity index (χ2n) is 5.20. The summed E-state index contributed by atoms with van der Waals surface area (Å²) >= 11 is 0. The highest BCUT2D eigenvalue weighted by Crippen LogP contribution is 2.27. The van der Waals surface area contributed by atoms with Gasteiger partial charge in [0, 0.05) is 19.3 Å². The largest absolute Gasteiger partial charge is 0.393 e. The monoisotopic (exact) mass is 280 g/mol. The molecule has 1 aliphatic rings. The lowest BCUT2D eigenvalue weighted by Crippen LogP contribution is -2.44. The Morgan fingerprint density at radius 2 is 2.15 bits per heavy atom. The third-order valence-electron chi connectivity index (χ3n) is 3.31. The maximum Gasteiger partial charge on any atom is 0.331 e. The molecule has 0 bridgehead atoms. The van der Waals surface area contributed by atoms with Gasteiger partial charge in [0.15, 0.2) is 0 Å². The number of hydrogen-bond donors (Lipinski definition) is 2. The van der Waals surface area contributed by atoms with Gasteiger partial charge in [0.05, 0.1) is 0 Å². The van der Waals surface area contributed by atoms with E-state index in [9.17, 15) is 14.4 Å². The minimum Gasteiger partial charge on any atom is -0.393 e. The van der Waals surface area contributed by atoms with Crippen LogP contribution < -0.4 is 22.3 Å². The van der Waals surface area contributed by atoms with Crippen molar-refractivity contribution in [2.24, 2.45) is 5.92 Å². The molecule has 1 aromatic rings. The normalized spacial score (nSPS) is 14.2. The van der Waals surface area contributed by atoms with Crippen LogP contribution in [0.15, 0.2) is 15.8 Å². The number of anilines is 1. The summed E-state index contributed by atoms with van der Waals surface area (Å²) < 4.78 is 2.26. The number of nitrogens with one attached hydrogen (secondary N) is 1. The Kier molecular flexibility index (Phi) is 4.26. The molecule has 0 radical (unpaired) electrons. The molecule has 1 saturated carbocycles. The summed E-state index contributed by atoms with van der Waals surface area (Å²) in [4.78, 5) is 35.8. The molecular weight excluding hydrogens is 260 g/mol. The van der Waals surface area contributed by atoms with E-state index in [0.717, 1.165) is 23.8 Å². The lowest BCUT2D eigenvalue weighted by molar-refractivity contribution is -0.121. The zero-order chi connectivity index (χ0) is 14.7. The van der Waals surface area contributed by atoms with Crippen LogP contribution in [0.1, 0.15) is 26.2 Å². The van der Waals surface area contributed by atoms with Gasteiger partial charge in [-0.3, -0.25) is 14.2 Å². The first kappa shape index (κ1) is 14.4. The van der Waals surface area contributed by atoms with Crippen molar-refractivity contribution in [2.45, 2.75) is 39.3 Å². The van der Waals surface area contributed by atoms with Gasteiger partial charge in [0.25, 0.3) is 5.56 Å². The van der Waals surface area contributed by atoms with Gasteiger partial charge in [-0.05, 0) is 25.2 Å². The molecular formula is C13H20N4O3. The Labute approximate surface area is 116 Å². The summed E-state index contributed by atoms with van der Waals surface area (Å²) in [6.07, 6.45) is 4.34. The zero-order valence-electron chi connectivity index (χ0n) is 11.6. The summed E-state index contributed by atoms with van der Waals surface area (Å²) in [6.45, 7) is 2.71. The smallest absolute Gasteiger partial charge is 0.331 e. The molecule has 1 aromatic heterocycles. The van der Waals surface area contributed by atoms with E-state index >= 15 is 0 Å². The van der Waals surface area contributed by atoms with Crippen molar-refractivity contribution in [3.8, 4) is 0 Å². The lowest BCUT2D eigenvalue weighted by Gasteiger charge is -2.11. The van der Waals surface area contributed by atoms with E-state index < -0.39 is 11.2 Å². The molecule has 1 heterocycles. The quantitative estimate of drug-likeness (QED) is 0.735. The van der Waals surface area contributed by atoms with Crippen molar-refractivity contribution >= 4 is 11.6 Å². The van der Waals surface area contributed by atoms with E-state index in [1.165, 1.54) is 10.8 Å². The highest BCUT2D eigenvalue weighted by molar-refractivity contribution is 5.75. The van der Waals surface area contributed by atoms with Gasteiger partial charge in [-0.2, -0.15) is 0 Å². The molecule has 0 spiro atoms. The predicted octanol–water partition coefficient (Wildman–Crippen LogP) is -0.472. The number of nitrogens with two attached hydrogens (primary N) is 1. The number of aromatic nitrogens is 2. The van der Waals surface area contributed by atoms with E-state index in [2.05, 4.69) is 5.32 Å². The van der Waals surface area contributed by atoms with Crippen LogP contribution in [0.2, 0.25) is 0 Å². The number of carbonyl (C=O) groups is 1. The summed E-state index contributed by atoms with van der Waals surface area (Å²) in [5.74, 6) is 0.220. The first-order valence-electron chi connectivity index (χ1n) is 6.89. The molecule has 20 heavy (non-hydrogen) atoms. The topological polar surface area (TPSA) is 99.1 Å². The van der Waals surface area contributed by atoms with E-state index in [1.807, 2.05) is 6.92 Å². The van der Waals surface area contributed by atoms with Crippen LogP contribution in [0, 0.1) is 5.92 Å². The van der Waals surface area contributed by atoms with E-state index in [1.54, 1.807) is 0 Å². The van der Waals surface area contributed by atoms with Gasteiger partial charge in [-0.15, -0.1) is 0 Å². The first-order chi connectivity index (χ1) is 9.52. The molecule has 1 amide bonds. The molecule has 2 rings (SSSR count). The fraction of sp³-hybridized carbons (Fsp3) is 0.615. The molecule has 0 saturated heterocycles. The Morgan fingerprint density at radius 3 is 2.75 bits per heavy atom. The van der Waals surface area contributed by atoms with Crippen molar-refractivity contribution in [2.75, 3.05) is 12.3 Å². The van der Waals surface area contributed by atoms with Crippen LogP contribution >= 0.6 is 0 Å². The van der Waals surface area contributed by atoms with Crippen LogP contribution in [0.5, 0.6) is 0 Å². The summed E-state index contributed by atoms with van der Waals surface area (Å²) in [6, 6.07) is 0. The van der Waals surface area contributed by atoms with Gasteiger partial charge in [0.1, 0.15) is 12.2 Å². The number of carbonyl (C=O) groups excluding carboxylic acids is 1. The number of nitrogen functional groups attached to an aromatic ring is 1. The SMILES string of the molecule is CCCn1cc(N)c(=O)n(CC(=O)NCC2CC2)c1=O. The summed E-state index contributed by atoms with van der Waals surface area (Å²) in [5.41, 5.74) is 4.48. The van der Waals surface area contributed by atoms with Crippen LogP contribution in [0.4, 0.5) is 5.69 Å². The summed E-state index contributed by atoms with van der Waals surface area (Å²) in [7, 11) is 0. The molecule has 7 heteroatoms. The molecule has 0 aliphatic heterocycles. The maximum absolute atomic E-state index is 12.1. The minimum atomic E-state index is -0.607. The molecule has 110 valence electrons. The molecule has 0 aromatic carbocycles. The van der Waals surface area contributed by atoms with Crippen molar-refractivity contribution in [1.82, 2.24) is 14.5 Å². The third-order valence-corrected chi connectivity index (χ3v) is 3.31. The van der Waals surface area contributed by atoms with E-state index in [0.29, 0.717) is 19.0 Å². The average Bonchev–Trinajstić information content (AvgIpc) is 3.23. The second kappa shape index (κ2) is 5.94. The highest BCUT2D eigenvalue weighted by Gasteiger charge is 2.22. The molecule has 1 fully saturated rings. The van der Waals surface area contributed by atoms with Crippen molar-refractivity contribution in [3.63, 3.8) is 0 Å². The summed E-state index contributed by atoms with van der Waals surface area (Å²) in [5, 5.41) is 2.73. The zero-order valence-corrected chi connectivity index (χ0v) is 11.6. The standard InChI is InChI=1S/C13H20N4O3/c1-2-5-16-7-10(14)12(19)17(13(16)20)8-11(18)15-6-9-3-4-9/h7,9H,2-6,8,14H2,1H3,(H,15,18).